The number of benzene rings is 9. The third-order valence-corrected chi connectivity index (χ3v) is 10.1. The fourth-order valence-corrected chi connectivity index (χ4v) is 7.59. The summed E-state index contributed by atoms with van der Waals surface area (Å²) in [5.74, 6) is 0.630. The number of fused-ring (bicyclic) bond motifs is 4. The zero-order valence-electron chi connectivity index (χ0n) is 28.3. The van der Waals surface area contributed by atoms with Crippen LogP contribution in [0.1, 0.15) is 0 Å². The topological polar surface area (TPSA) is 29.3 Å². The highest BCUT2D eigenvalue weighted by molar-refractivity contribution is 6.01. The van der Waals surface area contributed by atoms with Crippen LogP contribution >= 0.6 is 0 Å². The van der Waals surface area contributed by atoms with Crippen molar-refractivity contribution in [3.8, 4) is 33.7 Å². The van der Waals surface area contributed by atoms with E-state index >= 15 is 0 Å². The van der Waals surface area contributed by atoms with Gasteiger partial charge >= 0.3 is 0 Å². The summed E-state index contributed by atoms with van der Waals surface area (Å²) in [6.45, 7) is 0. The molecule has 244 valence electrons. The molecule has 0 saturated heterocycles. The maximum absolute atomic E-state index is 6.57. The highest BCUT2D eigenvalue weighted by Crippen LogP contribution is 2.42. The summed E-state index contributed by atoms with van der Waals surface area (Å²) < 4.78 is 6.57. The van der Waals surface area contributed by atoms with E-state index in [1.54, 1.807) is 0 Å². The number of hydrogen-bond acceptors (Lipinski definition) is 3. The smallest absolute Gasteiger partial charge is 0.227 e. The minimum absolute atomic E-state index is 0.630. The van der Waals surface area contributed by atoms with Crippen LogP contribution < -0.4 is 4.90 Å². The molecule has 9 aromatic carbocycles. The fourth-order valence-electron chi connectivity index (χ4n) is 7.59. The lowest BCUT2D eigenvalue weighted by atomic mass is 9.98. The molecular weight excluding hydrogens is 633 g/mol. The van der Waals surface area contributed by atoms with Gasteiger partial charge in [0.15, 0.2) is 5.58 Å². The van der Waals surface area contributed by atoms with Crippen molar-refractivity contribution in [2.24, 2.45) is 0 Å². The molecule has 0 atom stereocenters. The van der Waals surface area contributed by atoms with E-state index in [2.05, 4.69) is 193 Å². The number of anilines is 3. The second kappa shape index (κ2) is 12.4. The second-order valence-corrected chi connectivity index (χ2v) is 13.2. The zero-order valence-corrected chi connectivity index (χ0v) is 28.3. The maximum atomic E-state index is 6.57. The molecule has 0 aliphatic carbocycles. The number of oxazole rings is 1. The minimum Gasteiger partial charge on any atom is -0.435 e. The van der Waals surface area contributed by atoms with E-state index < -0.39 is 0 Å². The standard InChI is InChI=1S/C49H32N2O/c1-4-17-40-33(11-1)14-7-20-41(40)36-25-29-38(30-26-36)51(47-24-9-16-35-13-3-6-19-43(35)47)39-31-27-37(28-32-39)44-21-10-23-46-48(44)52-49(50-46)45-22-8-15-34-12-2-5-18-42(34)45/h1-32H. The molecular formula is C49H32N2O. The fraction of sp³-hybridized carbons (Fsp3) is 0. The number of nitrogens with zero attached hydrogens (tertiary/aromatic N) is 2. The Hall–Kier alpha value is -6.97. The zero-order chi connectivity index (χ0) is 34.4. The van der Waals surface area contributed by atoms with E-state index in [9.17, 15) is 0 Å². The van der Waals surface area contributed by atoms with Crippen molar-refractivity contribution in [1.82, 2.24) is 4.98 Å². The van der Waals surface area contributed by atoms with Crippen LogP contribution in [0.3, 0.4) is 0 Å². The van der Waals surface area contributed by atoms with Crippen LogP contribution in [0.4, 0.5) is 17.1 Å². The summed E-state index contributed by atoms with van der Waals surface area (Å²) in [5, 5.41) is 7.18. The third-order valence-electron chi connectivity index (χ3n) is 10.1. The Morgan fingerprint density at radius 1 is 0.365 bits per heavy atom. The molecule has 52 heavy (non-hydrogen) atoms. The van der Waals surface area contributed by atoms with Crippen molar-refractivity contribution in [3.63, 3.8) is 0 Å². The Labute approximate surface area is 301 Å². The molecule has 0 spiro atoms. The SMILES string of the molecule is c1ccc2c(-c3ccc(N(c4ccc(-c5cccc6nc(-c7cccc8ccccc78)oc56)cc4)c4cccc5ccccc45)cc3)cccc2c1. The van der Waals surface area contributed by atoms with Gasteiger partial charge in [0.25, 0.3) is 0 Å². The van der Waals surface area contributed by atoms with E-state index in [0.717, 1.165) is 55.6 Å². The van der Waals surface area contributed by atoms with Crippen molar-refractivity contribution in [3.05, 3.63) is 194 Å². The molecule has 1 aromatic heterocycles. The first-order chi connectivity index (χ1) is 25.8. The molecule has 0 aliphatic rings. The normalized spacial score (nSPS) is 11.5. The average Bonchev–Trinajstić information content (AvgIpc) is 3.66. The molecule has 0 N–H and O–H groups in total. The minimum atomic E-state index is 0.630. The van der Waals surface area contributed by atoms with Crippen LogP contribution in [0.15, 0.2) is 199 Å². The highest BCUT2D eigenvalue weighted by Gasteiger charge is 2.18. The summed E-state index contributed by atoms with van der Waals surface area (Å²) in [6.07, 6.45) is 0. The highest BCUT2D eigenvalue weighted by atomic mass is 16.3. The van der Waals surface area contributed by atoms with Crippen molar-refractivity contribution in [2.75, 3.05) is 4.90 Å². The van der Waals surface area contributed by atoms with E-state index in [1.165, 1.54) is 32.7 Å². The van der Waals surface area contributed by atoms with Gasteiger partial charge in [-0.05, 0) is 86.1 Å². The summed E-state index contributed by atoms with van der Waals surface area (Å²) in [5.41, 5.74) is 10.4. The van der Waals surface area contributed by atoms with Crippen molar-refractivity contribution in [1.29, 1.82) is 0 Å². The quantitative estimate of drug-likeness (QED) is 0.177. The number of hydrogen-bond donors (Lipinski definition) is 0. The van der Waals surface area contributed by atoms with Crippen LogP contribution in [0.2, 0.25) is 0 Å². The Morgan fingerprint density at radius 2 is 0.827 bits per heavy atom. The van der Waals surface area contributed by atoms with Gasteiger partial charge < -0.3 is 9.32 Å². The van der Waals surface area contributed by atoms with E-state index in [-0.39, 0.29) is 0 Å². The first kappa shape index (κ1) is 29.9. The predicted molar refractivity (Wildman–Crippen MR) is 218 cm³/mol. The number of aromatic nitrogens is 1. The molecule has 0 fully saturated rings. The molecule has 0 amide bonds. The van der Waals surface area contributed by atoms with Crippen molar-refractivity contribution < 1.29 is 4.42 Å². The molecule has 3 nitrogen and oxygen atoms in total. The molecule has 0 saturated carbocycles. The van der Waals surface area contributed by atoms with Crippen LogP contribution in [0.5, 0.6) is 0 Å². The van der Waals surface area contributed by atoms with Crippen molar-refractivity contribution >= 4 is 60.5 Å². The van der Waals surface area contributed by atoms with Gasteiger partial charge in [-0.3, -0.25) is 0 Å². The number of rotatable bonds is 6. The van der Waals surface area contributed by atoms with Crippen LogP contribution in [0.25, 0.3) is 77.1 Å². The molecule has 10 aromatic rings. The van der Waals surface area contributed by atoms with Crippen molar-refractivity contribution in [2.45, 2.75) is 0 Å². The summed E-state index contributed by atoms with van der Waals surface area (Å²) >= 11 is 0. The Balaban J connectivity index is 1.06. The second-order valence-electron chi connectivity index (χ2n) is 13.2. The monoisotopic (exact) mass is 664 g/mol. The molecule has 0 radical (unpaired) electrons. The lowest BCUT2D eigenvalue weighted by Crippen LogP contribution is -2.10. The lowest BCUT2D eigenvalue weighted by Gasteiger charge is -2.27. The van der Waals surface area contributed by atoms with Crippen LogP contribution in [0, 0.1) is 0 Å². The molecule has 0 unspecified atom stereocenters. The van der Waals surface area contributed by atoms with Gasteiger partial charge in [-0.1, -0.05) is 152 Å². The predicted octanol–water partition coefficient (Wildman–Crippen LogP) is 13.8. The molecule has 3 heteroatoms. The lowest BCUT2D eigenvalue weighted by molar-refractivity contribution is 0.621. The van der Waals surface area contributed by atoms with Gasteiger partial charge in [0.05, 0.1) is 5.69 Å². The average molecular weight is 665 g/mol. The summed E-state index contributed by atoms with van der Waals surface area (Å²) in [7, 11) is 0. The van der Waals surface area contributed by atoms with Gasteiger partial charge in [-0.2, -0.15) is 0 Å². The molecule has 1 heterocycles. The first-order valence-corrected chi connectivity index (χ1v) is 17.6. The Bertz CT molecular complexity index is 2890. The van der Waals surface area contributed by atoms with Gasteiger partial charge in [0.2, 0.25) is 5.89 Å². The third kappa shape index (κ3) is 5.10. The molecule has 10 rings (SSSR count). The van der Waals surface area contributed by atoms with Gasteiger partial charge in [-0.15, -0.1) is 0 Å². The number of para-hydroxylation sites is 1. The maximum Gasteiger partial charge on any atom is 0.227 e. The van der Waals surface area contributed by atoms with E-state index in [1.807, 2.05) is 6.07 Å². The van der Waals surface area contributed by atoms with E-state index in [4.69, 9.17) is 9.40 Å². The first-order valence-electron chi connectivity index (χ1n) is 17.6. The van der Waals surface area contributed by atoms with Gasteiger partial charge in [0, 0.05) is 27.9 Å². The van der Waals surface area contributed by atoms with E-state index in [0.29, 0.717) is 5.89 Å². The summed E-state index contributed by atoms with van der Waals surface area (Å²) in [6, 6.07) is 68.7. The van der Waals surface area contributed by atoms with Gasteiger partial charge in [0.1, 0.15) is 5.52 Å². The molecule has 0 aliphatic heterocycles. The summed E-state index contributed by atoms with van der Waals surface area (Å²) in [4.78, 5) is 7.30. The largest absolute Gasteiger partial charge is 0.435 e. The Morgan fingerprint density at radius 3 is 1.48 bits per heavy atom. The Kier molecular flexibility index (Phi) is 7.14. The van der Waals surface area contributed by atoms with Crippen LogP contribution in [-0.4, -0.2) is 4.98 Å². The molecule has 0 bridgehead atoms. The van der Waals surface area contributed by atoms with Gasteiger partial charge in [-0.25, -0.2) is 4.98 Å². The van der Waals surface area contributed by atoms with Crippen LogP contribution in [-0.2, 0) is 0 Å².